The largest absolute Gasteiger partial charge is 0.444 e. The van der Waals surface area contributed by atoms with Gasteiger partial charge < -0.3 is 9.73 Å². The van der Waals surface area contributed by atoms with E-state index in [1.54, 1.807) is 0 Å². The van der Waals surface area contributed by atoms with E-state index in [0.717, 1.165) is 23.0 Å². The quantitative estimate of drug-likeness (QED) is 0.858. The van der Waals surface area contributed by atoms with Crippen LogP contribution in [0.5, 0.6) is 0 Å². The molecule has 0 unspecified atom stereocenters. The number of nitrogens with zero attached hydrogens (tertiary/aromatic N) is 2. The molecule has 0 aromatic carbocycles. The molecule has 4 heteroatoms. The number of aryl methyl sites for hydroxylation is 3. The minimum Gasteiger partial charge on any atom is -0.444 e. The molecule has 0 saturated carbocycles. The third-order valence-electron chi connectivity index (χ3n) is 2.38. The summed E-state index contributed by atoms with van der Waals surface area (Å²) in [7, 11) is 0. The van der Waals surface area contributed by atoms with Gasteiger partial charge in [-0.3, -0.25) is 0 Å². The van der Waals surface area contributed by atoms with E-state index in [-0.39, 0.29) is 0 Å². The summed E-state index contributed by atoms with van der Waals surface area (Å²) in [5.74, 6) is 2.40. The van der Waals surface area contributed by atoms with Gasteiger partial charge in [0.25, 0.3) is 0 Å². The SMILES string of the molecule is Cc1cccc(NCc2nc(C)c(C)o2)n1. The van der Waals surface area contributed by atoms with Gasteiger partial charge in [-0.1, -0.05) is 6.07 Å². The number of nitrogens with one attached hydrogen (secondary N) is 1. The average Bonchev–Trinajstić information content (AvgIpc) is 2.56. The van der Waals surface area contributed by atoms with Crippen molar-refractivity contribution in [3.8, 4) is 0 Å². The second kappa shape index (κ2) is 4.35. The number of hydrogen-bond acceptors (Lipinski definition) is 4. The lowest BCUT2D eigenvalue weighted by Gasteiger charge is -2.02. The lowest BCUT2D eigenvalue weighted by atomic mass is 10.4. The maximum atomic E-state index is 5.46. The first kappa shape index (κ1) is 10.7. The van der Waals surface area contributed by atoms with E-state index in [4.69, 9.17) is 4.42 Å². The predicted octanol–water partition coefficient (Wildman–Crippen LogP) is 2.61. The van der Waals surface area contributed by atoms with Gasteiger partial charge >= 0.3 is 0 Å². The standard InChI is InChI=1S/C12H15N3O/c1-8-5-4-6-11(14-8)13-7-12-15-9(2)10(3)16-12/h4-6H,7H2,1-3H3,(H,13,14). The van der Waals surface area contributed by atoms with Gasteiger partial charge in [-0.2, -0.15) is 0 Å². The molecule has 2 rings (SSSR count). The van der Waals surface area contributed by atoms with E-state index in [9.17, 15) is 0 Å². The Balaban J connectivity index is 2.02. The van der Waals surface area contributed by atoms with Crippen LogP contribution < -0.4 is 5.32 Å². The molecule has 4 nitrogen and oxygen atoms in total. The highest BCUT2D eigenvalue weighted by molar-refractivity contribution is 5.35. The summed E-state index contributed by atoms with van der Waals surface area (Å²) in [5.41, 5.74) is 1.93. The summed E-state index contributed by atoms with van der Waals surface area (Å²) in [6.07, 6.45) is 0. The Morgan fingerprint density at radius 1 is 1.19 bits per heavy atom. The van der Waals surface area contributed by atoms with E-state index in [2.05, 4.69) is 15.3 Å². The third kappa shape index (κ3) is 2.39. The van der Waals surface area contributed by atoms with Crippen molar-refractivity contribution in [1.29, 1.82) is 0 Å². The number of anilines is 1. The molecule has 0 saturated heterocycles. The van der Waals surface area contributed by atoms with Gasteiger partial charge in [-0.15, -0.1) is 0 Å². The van der Waals surface area contributed by atoms with Crippen molar-refractivity contribution in [3.05, 3.63) is 41.2 Å². The van der Waals surface area contributed by atoms with Crippen LogP contribution in [-0.2, 0) is 6.54 Å². The maximum Gasteiger partial charge on any atom is 0.213 e. The zero-order chi connectivity index (χ0) is 11.5. The summed E-state index contributed by atoms with van der Waals surface area (Å²) in [4.78, 5) is 8.63. The normalized spacial score (nSPS) is 10.4. The zero-order valence-corrected chi connectivity index (χ0v) is 9.74. The number of oxazole rings is 1. The minimum atomic E-state index is 0.561. The van der Waals surface area contributed by atoms with Gasteiger partial charge in [-0.05, 0) is 32.9 Å². The van der Waals surface area contributed by atoms with E-state index in [1.807, 2.05) is 39.0 Å². The van der Waals surface area contributed by atoms with Crippen molar-refractivity contribution < 1.29 is 4.42 Å². The van der Waals surface area contributed by atoms with Gasteiger partial charge in [0, 0.05) is 5.69 Å². The first-order valence-electron chi connectivity index (χ1n) is 5.25. The van der Waals surface area contributed by atoms with Crippen LogP contribution in [0.3, 0.4) is 0 Å². The third-order valence-corrected chi connectivity index (χ3v) is 2.38. The molecule has 84 valence electrons. The number of aromatic nitrogens is 2. The molecule has 0 bridgehead atoms. The fourth-order valence-electron chi connectivity index (χ4n) is 1.42. The topological polar surface area (TPSA) is 51.0 Å². The Kier molecular flexibility index (Phi) is 2.90. The van der Waals surface area contributed by atoms with Gasteiger partial charge in [0.15, 0.2) is 0 Å². The van der Waals surface area contributed by atoms with Crippen molar-refractivity contribution in [2.24, 2.45) is 0 Å². The molecule has 0 atom stereocenters. The number of hydrogen-bond donors (Lipinski definition) is 1. The summed E-state index contributed by atoms with van der Waals surface area (Å²) < 4.78 is 5.46. The molecule has 1 N–H and O–H groups in total. The monoisotopic (exact) mass is 217 g/mol. The number of rotatable bonds is 3. The summed E-state index contributed by atoms with van der Waals surface area (Å²) in [5, 5.41) is 3.17. The average molecular weight is 217 g/mol. The molecular formula is C12H15N3O. The highest BCUT2D eigenvalue weighted by atomic mass is 16.4. The molecule has 2 aromatic heterocycles. The molecule has 0 aliphatic carbocycles. The van der Waals surface area contributed by atoms with Crippen LogP contribution in [0.15, 0.2) is 22.6 Å². The van der Waals surface area contributed by atoms with E-state index < -0.39 is 0 Å². The van der Waals surface area contributed by atoms with Crippen molar-refractivity contribution in [2.45, 2.75) is 27.3 Å². The van der Waals surface area contributed by atoms with Crippen LogP contribution >= 0.6 is 0 Å². The van der Waals surface area contributed by atoms with Crippen LogP contribution in [0, 0.1) is 20.8 Å². The van der Waals surface area contributed by atoms with Crippen LogP contribution in [0.25, 0.3) is 0 Å². The second-order valence-corrected chi connectivity index (χ2v) is 3.77. The molecule has 0 amide bonds. The molecule has 0 aliphatic rings. The Morgan fingerprint density at radius 2 is 2.00 bits per heavy atom. The first-order chi connectivity index (χ1) is 7.65. The molecule has 0 spiro atoms. The minimum absolute atomic E-state index is 0.561. The Labute approximate surface area is 94.7 Å². The summed E-state index contributed by atoms with van der Waals surface area (Å²) >= 11 is 0. The molecular weight excluding hydrogens is 202 g/mol. The molecule has 16 heavy (non-hydrogen) atoms. The van der Waals surface area contributed by atoms with Crippen LogP contribution in [0.4, 0.5) is 5.82 Å². The molecule has 2 heterocycles. The van der Waals surface area contributed by atoms with E-state index in [0.29, 0.717) is 12.4 Å². The van der Waals surface area contributed by atoms with Crippen molar-refractivity contribution in [1.82, 2.24) is 9.97 Å². The zero-order valence-electron chi connectivity index (χ0n) is 9.74. The van der Waals surface area contributed by atoms with Gasteiger partial charge in [0.1, 0.15) is 11.6 Å². The molecule has 2 aromatic rings. The fourth-order valence-corrected chi connectivity index (χ4v) is 1.42. The van der Waals surface area contributed by atoms with E-state index in [1.165, 1.54) is 0 Å². The molecule has 0 aliphatic heterocycles. The Bertz CT molecular complexity index is 471. The Hall–Kier alpha value is -1.84. The lowest BCUT2D eigenvalue weighted by Crippen LogP contribution is -2.01. The molecule has 0 radical (unpaired) electrons. The van der Waals surface area contributed by atoms with Crippen LogP contribution in [0.2, 0.25) is 0 Å². The highest BCUT2D eigenvalue weighted by Crippen LogP contribution is 2.10. The fraction of sp³-hybridized carbons (Fsp3) is 0.333. The van der Waals surface area contributed by atoms with Crippen molar-refractivity contribution >= 4 is 5.82 Å². The number of pyridine rings is 1. The van der Waals surface area contributed by atoms with Crippen LogP contribution in [-0.4, -0.2) is 9.97 Å². The lowest BCUT2D eigenvalue weighted by molar-refractivity contribution is 0.478. The van der Waals surface area contributed by atoms with Crippen LogP contribution in [0.1, 0.15) is 23.0 Å². The smallest absolute Gasteiger partial charge is 0.213 e. The Morgan fingerprint density at radius 3 is 2.62 bits per heavy atom. The van der Waals surface area contributed by atoms with E-state index >= 15 is 0 Å². The van der Waals surface area contributed by atoms with Crippen molar-refractivity contribution in [2.75, 3.05) is 5.32 Å². The predicted molar refractivity (Wildman–Crippen MR) is 62.3 cm³/mol. The van der Waals surface area contributed by atoms with Gasteiger partial charge in [0.05, 0.1) is 12.2 Å². The summed E-state index contributed by atoms with van der Waals surface area (Å²) in [6.45, 7) is 6.37. The van der Waals surface area contributed by atoms with Gasteiger partial charge in [-0.25, -0.2) is 9.97 Å². The second-order valence-electron chi connectivity index (χ2n) is 3.77. The van der Waals surface area contributed by atoms with Gasteiger partial charge in [0.2, 0.25) is 5.89 Å². The van der Waals surface area contributed by atoms with Crippen molar-refractivity contribution in [3.63, 3.8) is 0 Å². The molecule has 0 fully saturated rings. The maximum absolute atomic E-state index is 5.46. The summed E-state index contributed by atoms with van der Waals surface area (Å²) in [6, 6.07) is 5.86. The highest BCUT2D eigenvalue weighted by Gasteiger charge is 2.04. The first-order valence-corrected chi connectivity index (χ1v) is 5.25.